The number of aryl methyl sites for hydroxylation is 2. The van der Waals surface area contributed by atoms with E-state index in [9.17, 15) is 14.4 Å². The van der Waals surface area contributed by atoms with Gasteiger partial charge in [0.1, 0.15) is 0 Å². The average Bonchev–Trinajstić information content (AvgIpc) is 3.06. The quantitative estimate of drug-likeness (QED) is 0.285. The number of aromatic nitrogens is 1. The van der Waals surface area contributed by atoms with Crippen molar-refractivity contribution in [3.8, 4) is 11.1 Å². The molecule has 2 aliphatic rings. The molecule has 1 amide bonds. The molecule has 0 saturated carbocycles. The van der Waals surface area contributed by atoms with Crippen LogP contribution in [0, 0.1) is 20.8 Å². The Bertz CT molecular complexity index is 1600. The van der Waals surface area contributed by atoms with Crippen molar-refractivity contribution < 1.29 is 23.8 Å². The van der Waals surface area contributed by atoms with Crippen molar-refractivity contribution in [1.82, 2.24) is 10.3 Å². The molecule has 9 heteroatoms. The number of carbonyl (C=O) groups is 2. The van der Waals surface area contributed by atoms with E-state index in [4.69, 9.17) is 14.2 Å². The van der Waals surface area contributed by atoms with Crippen LogP contribution in [0.1, 0.15) is 77.8 Å². The number of nitrogens with one attached hydrogen (secondary N) is 2. The standard InChI is InChI=1S/C37H47N3O6/c1-6-40(30-12-16-44-17-13-30)33-22-28(21-31(26(33)5)34(41)38-23-32-24(3)20-25(4)39-35(32)42)27-8-10-29(11-9-27)37(36(43)46-7-2)14-18-45-19-15-37/h8-11,20-22,30H,6-7,12-19,23H2,1-5H3,(H,38,41)(H,39,42). The third-order valence-corrected chi connectivity index (χ3v) is 9.61. The molecule has 0 aliphatic carbocycles. The minimum Gasteiger partial charge on any atom is -0.465 e. The molecule has 5 rings (SSSR count). The third kappa shape index (κ3) is 6.90. The zero-order valence-corrected chi connectivity index (χ0v) is 27.8. The van der Waals surface area contributed by atoms with Crippen LogP contribution < -0.4 is 15.8 Å². The molecule has 46 heavy (non-hydrogen) atoms. The van der Waals surface area contributed by atoms with Gasteiger partial charge in [0.05, 0.1) is 12.0 Å². The fourth-order valence-corrected chi connectivity index (χ4v) is 6.97. The fourth-order valence-electron chi connectivity index (χ4n) is 6.97. The number of pyridine rings is 1. The van der Waals surface area contributed by atoms with Gasteiger partial charge < -0.3 is 29.4 Å². The Morgan fingerprint density at radius 1 is 0.957 bits per heavy atom. The lowest BCUT2D eigenvalue weighted by atomic mass is 9.74. The molecule has 2 aromatic carbocycles. The number of hydrogen-bond acceptors (Lipinski definition) is 7. The Morgan fingerprint density at radius 3 is 2.26 bits per heavy atom. The predicted octanol–water partition coefficient (Wildman–Crippen LogP) is 5.51. The number of benzene rings is 2. The van der Waals surface area contributed by atoms with Crippen LogP contribution in [0.25, 0.3) is 11.1 Å². The number of carbonyl (C=O) groups excluding carboxylic acids is 2. The summed E-state index contributed by atoms with van der Waals surface area (Å²) in [5, 5.41) is 3.02. The molecule has 9 nitrogen and oxygen atoms in total. The fraction of sp³-hybridized carbons (Fsp3) is 0.486. The molecular formula is C37H47N3O6. The molecule has 1 aromatic heterocycles. The average molecular weight is 630 g/mol. The second-order valence-corrected chi connectivity index (χ2v) is 12.4. The van der Waals surface area contributed by atoms with Crippen LogP contribution in [-0.4, -0.2) is 62.5 Å². The zero-order chi connectivity index (χ0) is 32.8. The smallest absolute Gasteiger partial charge is 0.316 e. The number of nitrogens with zero attached hydrogens (tertiary/aromatic N) is 1. The number of aromatic amines is 1. The van der Waals surface area contributed by atoms with Gasteiger partial charge >= 0.3 is 5.97 Å². The lowest BCUT2D eigenvalue weighted by Crippen LogP contribution is -2.42. The summed E-state index contributed by atoms with van der Waals surface area (Å²) in [6.07, 6.45) is 2.99. The second kappa shape index (κ2) is 14.6. The second-order valence-electron chi connectivity index (χ2n) is 12.4. The van der Waals surface area contributed by atoms with Gasteiger partial charge in [0.15, 0.2) is 0 Å². The lowest BCUT2D eigenvalue weighted by molar-refractivity contribution is -0.154. The van der Waals surface area contributed by atoms with Gasteiger partial charge in [-0.15, -0.1) is 0 Å². The summed E-state index contributed by atoms with van der Waals surface area (Å²) in [6.45, 7) is 13.4. The van der Waals surface area contributed by atoms with E-state index in [0.717, 1.165) is 58.6 Å². The SMILES string of the molecule is CCOC(=O)C1(c2ccc(-c3cc(C(=O)NCc4c(C)cc(C)[nH]c4=O)c(C)c(N(CC)C4CCOCC4)c3)cc2)CCOCC1. The molecule has 0 bridgehead atoms. The van der Waals surface area contributed by atoms with Crippen molar-refractivity contribution >= 4 is 17.6 Å². The molecule has 3 aromatic rings. The van der Waals surface area contributed by atoms with Crippen molar-refractivity contribution in [1.29, 1.82) is 0 Å². The molecule has 246 valence electrons. The van der Waals surface area contributed by atoms with Gasteiger partial charge in [-0.1, -0.05) is 24.3 Å². The molecule has 3 heterocycles. The predicted molar refractivity (Wildman–Crippen MR) is 180 cm³/mol. The van der Waals surface area contributed by atoms with E-state index in [-0.39, 0.29) is 24.0 Å². The monoisotopic (exact) mass is 629 g/mol. The topological polar surface area (TPSA) is 110 Å². The van der Waals surface area contributed by atoms with E-state index in [0.29, 0.717) is 63.0 Å². The Labute approximate surface area is 271 Å². The molecule has 2 saturated heterocycles. The van der Waals surface area contributed by atoms with Crippen LogP contribution in [0.15, 0.2) is 47.3 Å². The van der Waals surface area contributed by atoms with Crippen molar-refractivity contribution in [3.05, 3.63) is 86.3 Å². The van der Waals surface area contributed by atoms with Gasteiger partial charge in [0.25, 0.3) is 11.5 Å². The first-order valence-electron chi connectivity index (χ1n) is 16.5. The van der Waals surface area contributed by atoms with Crippen LogP contribution in [0.4, 0.5) is 5.69 Å². The summed E-state index contributed by atoms with van der Waals surface area (Å²) in [7, 11) is 0. The van der Waals surface area contributed by atoms with Crippen LogP contribution in [0.5, 0.6) is 0 Å². The Balaban J connectivity index is 1.53. The lowest BCUT2D eigenvalue weighted by Gasteiger charge is -2.37. The van der Waals surface area contributed by atoms with E-state index in [1.54, 1.807) is 0 Å². The Kier molecular flexibility index (Phi) is 10.6. The molecule has 2 fully saturated rings. The van der Waals surface area contributed by atoms with E-state index in [1.165, 1.54) is 0 Å². The summed E-state index contributed by atoms with van der Waals surface area (Å²) >= 11 is 0. The maximum atomic E-state index is 13.9. The number of esters is 1. The Morgan fingerprint density at radius 2 is 1.63 bits per heavy atom. The van der Waals surface area contributed by atoms with Gasteiger partial charge in [-0.05, 0) is 106 Å². The van der Waals surface area contributed by atoms with Gasteiger partial charge in [-0.3, -0.25) is 14.4 Å². The highest BCUT2D eigenvalue weighted by Gasteiger charge is 2.43. The van der Waals surface area contributed by atoms with Gasteiger partial charge in [-0.2, -0.15) is 0 Å². The summed E-state index contributed by atoms with van der Waals surface area (Å²) in [5.41, 5.74) is 6.49. The molecule has 2 aliphatic heterocycles. The van der Waals surface area contributed by atoms with Crippen molar-refractivity contribution in [3.63, 3.8) is 0 Å². The van der Waals surface area contributed by atoms with Crippen LogP contribution in [0.3, 0.4) is 0 Å². The number of hydrogen-bond donors (Lipinski definition) is 2. The van der Waals surface area contributed by atoms with Crippen LogP contribution in [-0.2, 0) is 31.0 Å². The van der Waals surface area contributed by atoms with E-state index >= 15 is 0 Å². The minimum atomic E-state index is -0.732. The van der Waals surface area contributed by atoms with Gasteiger partial charge in [-0.25, -0.2) is 0 Å². The highest BCUT2D eigenvalue weighted by molar-refractivity contribution is 5.99. The maximum Gasteiger partial charge on any atom is 0.316 e. The normalized spacial score (nSPS) is 16.5. The number of anilines is 1. The number of ether oxygens (including phenoxy) is 3. The molecule has 0 atom stereocenters. The van der Waals surface area contributed by atoms with Crippen molar-refractivity contribution in [2.75, 3.05) is 44.5 Å². The van der Waals surface area contributed by atoms with Gasteiger partial charge in [0, 0.05) is 68.1 Å². The molecule has 0 unspecified atom stereocenters. The minimum absolute atomic E-state index is 0.130. The number of H-pyrrole nitrogens is 1. The van der Waals surface area contributed by atoms with E-state index in [1.807, 2.05) is 64.1 Å². The van der Waals surface area contributed by atoms with E-state index < -0.39 is 5.41 Å². The largest absolute Gasteiger partial charge is 0.465 e. The number of rotatable bonds is 10. The first-order chi connectivity index (χ1) is 22.2. The number of amides is 1. The summed E-state index contributed by atoms with van der Waals surface area (Å²) in [6, 6.07) is 14.4. The summed E-state index contributed by atoms with van der Waals surface area (Å²) in [4.78, 5) is 44.9. The van der Waals surface area contributed by atoms with Crippen LogP contribution in [0.2, 0.25) is 0 Å². The van der Waals surface area contributed by atoms with Crippen molar-refractivity contribution in [2.24, 2.45) is 0 Å². The van der Waals surface area contributed by atoms with E-state index in [2.05, 4.69) is 28.2 Å². The Hall–Kier alpha value is -3.95. The van der Waals surface area contributed by atoms with Crippen LogP contribution >= 0.6 is 0 Å². The molecule has 0 spiro atoms. The first kappa shape index (κ1) is 33.4. The summed E-state index contributed by atoms with van der Waals surface area (Å²) < 4.78 is 16.8. The van der Waals surface area contributed by atoms with Crippen molar-refractivity contribution in [2.45, 2.75) is 78.3 Å². The highest BCUT2D eigenvalue weighted by Crippen LogP contribution is 2.39. The highest BCUT2D eigenvalue weighted by atomic mass is 16.5. The maximum absolute atomic E-state index is 13.9. The summed E-state index contributed by atoms with van der Waals surface area (Å²) in [5.74, 6) is -0.441. The molecule has 2 N–H and O–H groups in total. The first-order valence-corrected chi connectivity index (χ1v) is 16.5. The van der Waals surface area contributed by atoms with Gasteiger partial charge in [0.2, 0.25) is 0 Å². The molecular weight excluding hydrogens is 582 g/mol. The third-order valence-electron chi connectivity index (χ3n) is 9.61. The molecule has 0 radical (unpaired) electrons. The zero-order valence-electron chi connectivity index (χ0n) is 27.8.